The number of hydrogen-bond donors (Lipinski definition) is 1. The van der Waals surface area contributed by atoms with Crippen molar-refractivity contribution in [3.63, 3.8) is 0 Å². The van der Waals surface area contributed by atoms with Crippen molar-refractivity contribution in [1.29, 1.82) is 0 Å². The van der Waals surface area contributed by atoms with Crippen molar-refractivity contribution in [1.82, 2.24) is 20.2 Å². The molecule has 6 heteroatoms. The first-order valence-corrected chi connectivity index (χ1v) is 6.76. The smallest absolute Gasteiger partial charge is 0.227 e. The predicted molar refractivity (Wildman–Crippen MR) is 76.6 cm³/mol. The van der Waals surface area contributed by atoms with E-state index >= 15 is 0 Å². The van der Waals surface area contributed by atoms with Gasteiger partial charge in [0.25, 0.3) is 0 Å². The van der Waals surface area contributed by atoms with Gasteiger partial charge in [-0.1, -0.05) is 26.3 Å². The Morgan fingerprint density at radius 1 is 1.45 bits per heavy atom. The summed E-state index contributed by atoms with van der Waals surface area (Å²) in [7, 11) is 0. The highest BCUT2D eigenvalue weighted by molar-refractivity contribution is 5.92. The fraction of sp³-hybridized carbons (Fsp3) is 0.429. The lowest BCUT2D eigenvalue weighted by Crippen LogP contribution is -2.20. The molecule has 0 radical (unpaired) electrons. The Morgan fingerprint density at radius 3 is 2.90 bits per heavy atom. The number of nitrogens with zero attached hydrogens (tertiary/aromatic N) is 4. The van der Waals surface area contributed by atoms with E-state index in [9.17, 15) is 4.79 Å². The molecule has 0 saturated carbocycles. The van der Waals surface area contributed by atoms with E-state index in [2.05, 4.69) is 27.8 Å². The fourth-order valence-corrected chi connectivity index (χ4v) is 2.04. The Morgan fingerprint density at radius 2 is 2.25 bits per heavy atom. The lowest BCUT2D eigenvalue weighted by Gasteiger charge is -2.13. The van der Waals surface area contributed by atoms with Crippen LogP contribution in [0.15, 0.2) is 24.5 Å². The number of benzene rings is 1. The van der Waals surface area contributed by atoms with E-state index in [0.717, 1.165) is 29.8 Å². The maximum Gasteiger partial charge on any atom is 0.227 e. The van der Waals surface area contributed by atoms with E-state index in [1.807, 2.05) is 32.0 Å². The summed E-state index contributed by atoms with van der Waals surface area (Å²) in [5.74, 6) is 0.0520. The highest BCUT2D eigenvalue weighted by Gasteiger charge is 2.12. The van der Waals surface area contributed by atoms with Gasteiger partial charge in [0.1, 0.15) is 6.33 Å². The minimum atomic E-state index is 0.0118. The van der Waals surface area contributed by atoms with Gasteiger partial charge >= 0.3 is 0 Å². The van der Waals surface area contributed by atoms with E-state index in [1.54, 1.807) is 4.68 Å². The van der Waals surface area contributed by atoms with Gasteiger partial charge in [0.05, 0.1) is 5.69 Å². The van der Waals surface area contributed by atoms with E-state index in [1.165, 1.54) is 6.33 Å². The average Bonchev–Trinajstić information content (AvgIpc) is 2.95. The fourth-order valence-electron chi connectivity index (χ4n) is 2.04. The lowest BCUT2D eigenvalue weighted by molar-refractivity contribution is -0.119. The van der Waals surface area contributed by atoms with Crippen LogP contribution in [0.5, 0.6) is 0 Å². The standard InChI is InChI=1S/C14H19N5O/c1-4-5-11(3)14(20)16-12-7-6-10(2)13(8-12)19-9-15-17-18-19/h6-9,11H,4-5H2,1-3H3,(H,16,20). The first kappa shape index (κ1) is 14.2. The molecular formula is C14H19N5O. The minimum Gasteiger partial charge on any atom is -0.326 e. The molecule has 0 bridgehead atoms. The van der Waals surface area contributed by atoms with Crippen molar-refractivity contribution in [2.75, 3.05) is 5.32 Å². The zero-order valence-electron chi connectivity index (χ0n) is 12.0. The normalized spacial score (nSPS) is 12.2. The molecule has 1 aromatic heterocycles. The lowest BCUT2D eigenvalue weighted by atomic mass is 10.1. The molecule has 106 valence electrons. The molecule has 1 unspecified atom stereocenters. The quantitative estimate of drug-likeness (QED) is 0.907. The van der Waals surface area contributed by atoms with E-state index in [0.29, 0.717) is 0 Å². The molecule has 1 amide bonds. The maximum absolute atomic E-state index is 12.0. The number of aryl methyl sites for hydroxylation is 1. The zero-order chi connectivity index (χ0) is 14.5. The first-order valence-electron chi connectivity index (χ1n) is 6.76. The summed E-state index contributed by atoms with van der Waals surface area (Å²) in [6.45, 7) is 5.99. The second-order valence-electron chi connectivity index (χ2n) is 4.93. The number of tetrazole rings is 1. The summed E-state index contributed by atoms with van der Waals surface area (Å²) in [6.07, 6.45) is 3.42. The maximum atomic E-state index is 12.0. The van der Waals surface area contributed by atoms with Crippen LogP contribution in [0.2, 0.25) is 0 Å². The number of rotatable bonds is 5. The van der Waals surface area contributed by atoms with Gasteiger partial charge in [-0.3, -0.25) is 4.79 Å². The summed E-state index contributed by atoms with van der Waals surface area (Å²) >= 11 is 0. The van der Waals surface area contributed by atoms with Gasteiger partial charge in [-0.05, 0) is 41.5 Å². The molecule has 2 aromatic rings. The minimum absolute atomic E-state index is 0.0118. The molecule has 6 nitrogen and oxygen atoms in total. The molecular weight excluding hydrogens is 254 g/mol. The summed E-state index contributed by atoms with van der Waals surface area (Å²) < 4.78 is 1.58. The van der Waals surface area contributed by atoms with Gasteiger partial charge in [0.2, 0.25) is 5.91 Å². The third-order valence-corrected chi connectivity index (χ3v) is 3.24. The molecule has 1 atom stereocenters. The van der Waals surface area contributed by atoms with Crippen LogP contribution in [0.4, 0.5) is 5.69 Å². The topological polar surface area (TPSA) is 72.7 Å². The van der Waals surface area contributed by atoms with Gasteiger partial charge in [0.15, 0.2) is 0 Å². The van der Waals surface area contributed by atoms with Crippen LogP contribution in [-0.4, -0.2) is 26.1 Å². The largest absolute Gasteiger partial charge is 0.326 e. The molecule has 0 saturated heterocycles. The molecule has 0 fully saturated rings. The van der Waals surface area contributed by atoms with Crippen molar-refractivity contribution in [3.05, 3.63) is 30.1 Å². The molecule has 0 aliphatic rings. The Bertz CT molecular complexity index is 579. The molecule has 20 heavy (non-hydrogen) atoms. The molecule has 0 aliphatic carbocycles. The molecule has 1 aromatic carbocycles. The number of carbonyl (C=O) groups is 1. The number of amides is 1. The van der Waals surface area contributed by atoms with Crippen molar-refractivity contribution >= 4 is 11.6 Å². The van der Waals surface area contributed by atoms with Gasteiger partial charge in [-0.15, -0.1) is 5.10 Å². The van der Waals surface area contributed by atoms with E-state index < -0.39 is 0 Å². The van der Waals surface area contributed by atoms with Crippen LogP contribution in [-0.2, 0) is 4.79 Å². The first-order chi connectivity index (χ1) is 9.61. The van der Waals surface area contributed by atoms with Crippen LogP contribution in [0.1, 0.15) is 32.3 Å². The monoisotopic (exact) mass is 273 g/mol. The predicted octanol–water partition coefficient (Wildman–Crippen LogP) is 2.35. The van der Waals surface area contributed by atoms with Crippen molar-refractivity contribution in [3.8, 4) is 5.69 Å². The Hall–Kier alpha value is -2.24. The Balaban J connectivity index is 2.18. The van der Waals surface area contributed by atoms with Gasteiger partial charge in [-0.25, -0.2) is 4.68 Å². The van der Waals surface area contributed by atoms with Crippen LogP contribution < -0.4 is 5.32 Å². The molecule has 1 heterocycles. The third-order valence-electron chi connectivity index (χ3n) is 3.24. The highest BCUT2D eigenvalue weighted by atomic mass is 16.1. The molecule has 0 aliphatic heterocycles. The van der Waals surface area contributed by atoms with Gasteiger partial charge < -0.3 is 5.32 Å². The summed E-state index contributed by atoms with van der Waals surface area (Å²) in [6, 6.07) is 5.71. The summed E-state index contributed by atoms with van der Waals surface area (Å²) in [5, 5.41) is 14.1. The number of carbonyl (C=O) groups excluding carboxylic acids is 1. The summed E-state index contributed by atoms with van der Waals surface area (Å²) in [5.41, 5.74) is 2.65. The number of nitrogens with one attached hydrogen (secondary N) is 1. The molecule has 2 rings (SSSR count). The number of anilines is 1. The second kappa shape index (κ2) is 6.27. The van der Waals surface area contributed by atoms with Crippen LogP contribution in [0, 0.1) is 12.8 Å². The SMILES string of the molecule is CCCC(C)C(=O)Nc1ccc(C)c(-n2cnnn2)c1. The number of aromatic nitrogens is 4. The highest BCUT2D eigenvalue weighted by Crippen LogP contribution is 2.19. The van der Waals surface area contributed by atoms with Crippen molar-refractivity contribution in [2.45, 2.75) is 33.6 Å². The van der Waals surface area contributed by atoms with E-state index in [4.69, 9.17) is 0 Å². The number of hydrogen-bond acceptors (Lipinski definition) is 4. The van der Waals surface area contributed by atoms with Gasteiger partial charge in [0, 0.05) is 11.6 Å². The Kier molecular flexibility index (Phi) is 4.45. The van der Waals surface area contributed by atoms with Crippen LogP contribution in [0.3, 0.4) is 0 Å². The molecule has 1 N–H and O–H groups in total. The van der Waals surface area contributed by atoms with Crippen LogP contribution in [0.25, 0.3) is 5.69 Å². The van der Waals surface area contributed by atoms with E-state index in [-0.39, 0.29) is 11.8 Å². The van der Waals surface area contributed by atoms with Crippen LogP contribution >= 0.6 is 0 Å². The Labute approximate surface area is 118 Å². The third kappa shape index (κ3) is 3.20. The van der Waals surface area contributed by atoms with Crippen molar-refractivity contribution < 1.29 is 4.79 Å². The second-order valence-corrected chi connectivity index (χ2v) is 4.93. The summed E-state index contributed by atoms with van der Waals surface area (Å²) in [4.78, 5) is 12.0. The van der Waals surface area contributed by atoms with Crippen molar-refractivity contribution in [2.24, 2.45) is 5.92 Å². The molecule has 0 spiro atoms. The zero-order valence-corrected chi connectivity index (χ0v) is 12.0. The van der Waals surface area contributed by atoms with Gasteiger partial charge in [-0.2, -0.15) is 0 Å². The average molecular weight is 273 g/mol.